The second-order valence-electron chi connectivity index (χ2n) is 5.11. The van der Waals surface area contributed by atoms with Crippen LogP contribution in [-0.4, -0.2) is 30.2 Å². The summed E-state index contributed by atoms with van der Waals surface area (Å²) in [5, 5.41) is 0. The Morgan fingerprint density at radius 2 is 2.06 bits per heavy atom. The van der Waals surface area contributed by atoms with Crippen molar-refractivity contribution in [2.45, 2.75) is 38.6 Å². The third kappa shape index (κ3) is 2.49. The number of nitrogens with one attached hydrogen (secondary N) is 1. The maximum atomic E-state index is 11.7. The lowest BCUT2D eigenvalue weighted by Crippen LogP contribution is -2.36. The van der Waals surface area contributed by atoms with Gasteiger partial charge in [-0.15, -0.1) is 0 Å². The van der Waals surface area contributed by atoms with Crippen LogP contribution in [0.15, 0.2) is 11.1 Å². The summed E-state index contributed by atoms with van der Waals surface area (Å²) in [7, 11) is 3.50. The van der Waals surface area contributed by atoms with Crippen LogP contribution in [0.25, 0.3) is 0 Å². The molecule has 0 radical (unpaired) electrons. The second kappa shape index (κ2) is 5.42. The van der Waals surface area contributed by atoms with Crippen molar-refractivity contribution in [3.05, 3.63) is 16.7 Å². The van der Waals surface area contributed by atoms with E-state index in [4.69, 9.17) is 4.74 Å². The van der Waals surface area contributed by atoms with E-state index in [1.807, 2.05) is 7.05 Å². The van der Waals surface area contributed by atoms with Crippen molar-refractivity contribution in [1.29, 1.82) is 0 Å². The van der Waals surface area contributed by atoms with Gasteiger partial charge >= 0.3 is 0 Å². The number of hydrogen-bond donors (Lipinski definition) is 1. The number of ether oxygens (including phenoxy) is 1. The summed E-state index contributed by atoms with van der Waals surface area (Å²) < 4.78 is 5.16. The van der Waals surface area contributed by atoms with Gasteiger partial charge in [0.1, 0.15) is 0 Å². The molecule has 0 amide bonds. The third-order valence-corrected chi connectivity index (χ3v) is 3.86. The maximum absolute atomic E-state index is 11.7. The fourth-order valence-corrected chi connectivity index (χ4v) is 2.62. The van der Waals surface area contributed by atoms with Gasteiger partial charge in [-0.25, -0.2) is 4.98 Å². The van der Waals surface area contributed by atoms with Crippen molar-refractivity contribution in [1.82, 2.24) is 9.97 Å². The first-order valence-electron chi connectivity index (χ1n) is 6.48. The maximum Gasteiger partial charge on any atom is 0.295 e. The van der Waals surface area contributed by atoms with Gasteiger partial charge in [0.2, 0.25) is 5.75 Å². The van der Waals surface area contributed by atoms with E-state index >= 15 is 0 Å². The molecule has 1 aromatic heterocycles. The Hall–Kier alpha value is -1.52. The van der Waals surface area contributed by atoms with Gasteiger partial charge in [0.05, 0.1) is 13.4 Å². The summed E-state index contributed by atoms with van der Waals surface area (Å²) in [6.07, 6.45) is 6.20. The molecule has 5 heteroatoms. The molecule has 1 heterocycles. The molecule has 5 nitrogen and oxygen atoms in total. The first-order valence-corrected chi connectivity index (χ1v) is 6.48. The van der Waals surface area contributed by atoms with Gasteiger partial charge in [0, 0.05) is 13.1 Å². The molecule has 1 N–H and O–H groups in total. The summed E-state index contributed by atoms with van der Waals surface area (Å²) in [4.78, 5) is 20.5. The molecule has 0 atom stereocenters. The standard InChI is InChI=1S/C13H21N3O2/c1-9-4-6-10(7-5-9)16(2)12-11(18-3)13(17)15-8-14-12/h8-10H,4-7H2,1-3H3,(H,14,15,17). The number of rotatable bonds is 3. The van der Waals surface area contributed by atoms with Crippen LogP contribution in [0.1, 0.15) is 32.6 Å². The van der Waals surface area contributed by atoms with Crippen LogP contribution >= 0.6 is 0 Å². The number of nitrogens with zero attached hydrogens (tertiary/aromatic N) is 2. The molecule has 1 fully saturated rings. The summed E-state index contributed by atoms with van der Waals surface area (Å²) in [5.41, 5.74) is -0.224. The van der Waals surface area contributed by atoms with Crippen molar-refractivity contribution in [2.24, 2.45) is 5.92 Å². The predicted octanol–water partition coefficient (Wildman–Crippen LogP) is 1.79. The van der Waals surface area contributed by atoms with Crippen LogP contribution in [-0.2, 0) is 0 Å². The highest BCUT2D eigenvalue weighted by Gasteiger charge is 2.25. The van der Waals surface area contributed by atoms with Gasteiger partial charge in [-0.3, -0.25) is 4.79 Å². The van der Waals surface area contributed by atoms with E-state index in [9.17, 15) is 4.79 Å². The molecular weight excluding hydrogens is 230 g/mol. The summed E-state index contributed by atoms with van der Waals surface area (Å²) in [6, 6.07) is 0.449. The molecular formula is C13H21N3O2. The highest BCUT2D eigenvalue weighted by Crippen LogP contribution is 2.30. The summed E-state index contributed by atoms with van der Waals surface area (Å²) >= 11 is 0. The van der Waals surface area contributed by atoms with Gasteiger partial charge in [-0.2, -0.15) is 0 Å². The van der Waals surface area contributed by atoms with Gasteiger partial charge in [-0.05, 0) is 31.6 Å². The Kier molecular flexibility index (Phi) is 3.89. The number of aromatic nitrogens is 2. The van der Waals surface area contributed by atoms with Gasteiger partial charge in [0.25, 0.3) is 5.56 Å². The van der Waals surface area contributed by atoms with Crippen molar-refractivity contribution in [2.75, 3.05) is 19.1 Å². The zero-order valence-electron chi connectivity index (χ0n) is 11.3. The average Bonchev–Trinajstić information content (AvgIpc) is 2.38. The first-order chi connectivity index (χ1) is 8.63. The Balaban J connectivity index is 2.21. The summed E-state index contributed by atoms with van der Waals surface area (Å²) in [5.74, 6) is 1.75. The third-order valence-electron chi connectivity index (χ3n) is 3.86. The predicted molar refractivity (Wildman–Crippen MR) is 71.2 cm³/mol. The van der Waals surface area contributed by atoms with Crippen molar-refractivity contribution >= 4 is 5.82 Å². The highest BCUT2D eigenvalue weighted by atomic mass is 16.5. The minimum Gasteiger partial charge on any atom is -0.489 e. The van der Waals surface area contributed by atoms with Crippen LogP contribution in [0.4, 0.5) is 5.82 Å². The van der Waals surface area contributed by atoms with E-state index < -0.39 is 0 Å². The van der Waals surface area contributed by atoms with Crippen molar-refractivity contribution in [3.8, 4) is 5.75 Å². The number of H-pyrrole nitrogens is 1. The van der Waals surface area contributed by atoms with E-state index in [0.717, 1.165) is 18.8 Å². The Morgan fingerprint density at radius 3 is 2.67 bits per heavy atom. The quantitative estimate of drug-likeness (QED) is 0.890. The SMILES string of the molecule is COc1c(N(C)C2CCC(C)CC2)nc[nH]c1=O. The Morgan fingerprint density at radius 1 is 1.39 bits per heavy atom. The molecule has 0 aromatic carbocycles. The largest absolute Gasteiger partial charge is 0.489 e. The lowest BCUT2D eigenvalue weighted by Gasteiger charge is -2.34. The number of methoxy groups -OCH3 is 1. The molecule has 1 aliphatic rings. The molecule has 0 bridgehead atoms. The Bertz CT molecular complexity index is 450. The fraction of sp³-hybridized carbons (Fsp3) is 0.692. The molecule has 0 saturated heterocycles. The van der Waals surface area contributed by atoms with E-state index in [0.29, 0.717) is 17.6 Å². The van der Waals surface area contributed by atoms with Crippen LogP contribution in [0, 0.1) is 5.92 Å². The van der Waals surface area contributed by atoms with E-state index in [1.165, 1.54) is 26.3 Å². The molecule has 18 heavy (non-hydrogen) atoms. The Labute approximate surface area is 107 Å². The van der Waals surface area contributed by atoms with Crippen molar-refractivity contribution in [3.63, 3.8) is 0 Å². The molecule has 1 aromatic rings. The number of hydrogen-bond acceptors (Lipinski definition) is 4. The normalized spacial score (nSPS) is 23.7. The van der Waals surface area contributed by atoms with Gasteiger partial charge in [-0.1, -0.05) is 6.92 Å². The fourth-order valence-electron chi connectivity index (χ4n) is 2.62. The van der Waals surface area contributed by atoms with E-state index in [2.05, 4.69) is 21.8 Å². The van der Waals surface area contributed by atoms with Gasteiger partial charge in [0.15, 0.2) is 5.82 Å². The lowest BCUT2D eigenvalue weighted by atomic mass is 9.87. The second-order valence-corrected chi connectivity index (χ2v) is 5.11. The monoisotopic (exact) mass is 251 g/mol. The molecule has 0 spiro atoms. The van der Waals surface area contributed by atoms with Crippen LogP contribution in [0.2, 0.25) is 0 Å². The summed E-state index contributed by atoms with van der Waals surface area (Å²) in [6.45, 7) is 2.29. The topological polar surface area (TPSA) is 58.2 Å². The van der Waals surface area contributed by atoms with Crippen molar-refractivity contribution < 1.29 is 4.74 Å². The molecule has 2 rings (SSSR count). The van der Waals surface area contributed by atoms with Crippen LogP contribution in [0.3, 0.4) is 0 Å². The highest BCUT2D eigenvalue weighted by molar-refractivity contribution is 5.50. The average molecular weight is 251 g/mol. The minimum atomic E-state index is -0.224. The molecule has 1 saturated carbocycles. The van der Waals surface area contributed by atoms with Crippen LogP contribution in [0.5, 0.6) is 5.75 Å². The van der Waals surface area contributed by atoms with E-state index in [1.54, 1.807) is 0 Å². The zero-order chi connectivity index (χ0) is 13.1. The molecule has 100 valence electrons. The van der Waals surface area contributed by atoms with Gasteiger partial charge < -0.3 is 14.6 Å². The van der Waals surface area contributed by atoms with E-state index in [-0.39, 0.29) is 5.56 Å². The number of aromatic amines is 1. The molecule has 0 unspecified atom stereocenters. The lowest BCUT2D eigenvalue weighted by molar-refractivity contribution is 0.336. The molecule has 1 aliphatic carbocycles. The minimum absolute atomic E-state index is 0.224. The van der Waals surface area contributed by atoms with Crippen LogP contribution < -0.4 is 15.2 Å². The smallest absolute Gasteiger partial charge is 0.295 e. The zero-order valence-corrected chi connectivity index (χ0v) is 11.3. The number of anilines is 1. The molecule has 0 aliphatic heterocycles. The first kappa shape index (κ1) is 12.9.